The normalized spacial score (nSPS) is 11.6. The van der Waals surface area contributed by atoms with Crippen LogP contribution in [0.1, 0.15) is 61.9 Å². The first-order valence-corrected chi connectivity index (χ1v) is 12.1. The van der Waals surface area contributed by atoms with Crippen LogP contribution >= 0.6 is 0 Å². The molecule has 1 amide bonds. The zero-order chi connectivity index (χ0) is 25.2. The molecule has 0 aliphatic rings. The summed E-state index contributed by atoms with van der Waals surface area (Å²) in [7, 11) is 0. The van der Waals surface area contributed by atoms with Crippen molar-refractivity contribution in [3.05, 3.63) is 83.7 Å². The van der Waals surface area contributed by atoms with Crippen LogP contribution in [0.25, 0.3) is 11.1 Å². The van der Waals surface area contributed by atoms with Gasteiger partial charge in [-0.1, -0.05) is 69.9 Å². The maximum absolute atomic E-state index is 14.6. The largest absolute Gasteiger partial charge is 0.478 e. The summed E-state index contributed by atoms with van der Waals surface area (Å²) in [4.78, 5) is 23.8. The van der Waals surface area contributed by atoms with E-state index in [1.54, 1.807) is 54.6 Å². The molecule has 184 valence electrons. The molecule has 0 bridgehead atoms. The summed E-state index contributed by atoms with van der Waals surface area (Å²) in [6.07, 6.45) is 5.44. The van der Waals surface area contributed by atoms with Gasteiger partial charge < -0.3 is 15.7 Å². The van der Waals surface area contributed by atoms with Crippen LogP contribution in [0.3, 0.4) is 0 Å². The number of halogens is 1. The molecule has 3 aromatic rings. The van der Waals surface area contributed by atoms with Gasteiger partial charge in [-0.05, 0) is 53.9 Å². The SMILES string of the molecule is CCCCCCC(C)C(=O)NCc1ccc(F)c(-c2ccc(Nc3ccccc3C(=O)O)cc2)c1. The molecular weight excluding hydrogens is 443 g/mol. The van der Waals surface area contributed by atoms with Gasteiger partial charge >= 0.3 is 5.97 Å². The van der Waals surface area contributed by atoms with Gasteiger partial charge in [-0.15, -0.1) is 0 Å². The van der Waals surface area contributed by atoms with Gasteiger partial charge in [0.2, 0.25) is 5.91 Å². The Morgan fingerprint density at radius 3 is 2.43 bits per heavy atom. The third-order valence-corrected chi connectivity index (χ3v) is 6.07. The molecule has 6 heteroatoms. The number of carbonyl (C=O) groups excluding carboxylic acids is 1. The highest BCUT2D eigenvalue weighted by Crippen LogP contribution is 2.27. The van der Waals surface area contributed by atoms with Gasteiger partial charge in [0.15, 0.2) is 0 Å². The fraction of sp³-hybridized carbons (Fsp3) is 0.310. The Morgan fingerprint density at radius 2 is 1.71 bits per heavy atom. The summed E-state index contributed by atoms with van der Waals surface area (Å²) in [5.41, 5.74) is 3.31. The summed E-state index contributed by atoms with van der Waals surface area (Å²) in [6, 6.07) is 18.6. The zero-order valence-electron chi connectivity index (χ0n) is 20.3. The lowest BCUT2D eigenvalue weighted by molar-refractivity contribution is -0.124. The van der Waals surface area contributed by atoms with Crippen molar-refractivity contribution in [1.29, 1.82) is 0 Å². The van der Waals surface area contributed by atoms with E-state index in [-0.39, 0.29) is 23.2 Å². The Kier molecular flexibility index (Phi) is 9.41. The second-order valence-corrected chi connectivity index (χ2v) is 8.84. The Bertz CT molecular complexity index is 1140. The molecule has 0 radical (unpaired) electrons. The minimum atomic E-state index is -1.01. The van der Waals surface area contributed by atoms with E-state index >= 15 is 0 Å². The minimum Gasteiger partial charge on any atom is -0.478 e. The molecule has 3 rings (SSSR count). The number of benzene rings is 3. The van der Waals surface area contributed by atoms with E-state index in [0.717, 1.165) is 24.8 Å². The molecule has 1 unspecified atom stereocenters. The number of para-hydroxylation sites is 1. The fourth-order valence-corrected chi connectivity index (χ4v) is 3.94. The van der Waals surface area contributed by atoms with E-state index in [0.29, 0.717) is 29.0 Å². The molecule has 0 aliphatic heterocycles. The smallest absolute Gasteiger partial charge is 0.337 e. The zero-order valence-corrected chi connectivity index (χ0v) is 20.3. The number of carboxylic acids is 1. The lowest BCUT2D eigenvalue weighted by Gasteiger charge is -2.13. The van der Waals surface area contributed by atoms with Crippen molar-refractivity contribution in [3.8, 4) is 11.1 Å². The fourth-order valence-electron chi connectivity index (χ4n) is 3.94. The first-order valence-electron chi connectivity index (χ1n) is 12.1. The maximum Gasteiger partial charge on any atom is 0.337 e. The second kappa shape index (κ2) is 12.7. The summed E-state index contributed by atoms with van der Waals surface area (Å²) in [5.74, 6) is -1.38. The lowest BCUT2D eigenvalue weighted by Crippen LogP contribution is -2.28. The van der Waals surface area contributed by atoms with Crippen molar-refractivity contribution >= 4 is 23.3 Å². The average Bonchev–Trinajstić information content (AvgIpc) is 2.86. The molecule has 0 spiro atoms. The first kappa shape index (κ1) is 25.9. The Morgan fingerprint density at radius 1 is 0.971 bits per heavy atom. The van der Waals surface area contributed by atoms with Crippen molar-refractivity contribution in [2.45, 2.75) is 52.5 Å². The van der Waals surface area contributed by atoms with E-state index in [1.807, 2.05) is 6.92 Å². The highest BCUT2D eigenvalue weighted by atomic mass is 19.1. The van der Waals surface area contributed by atoms with Crippen molar-refractivity contribution in [2.24, 2.45) is 5.92 Å². The van der Waals surface area contributed by atoms with Gasteiger partial charge in [-0.3, -0.25) is 4.79 Å². The molecule has 0 fully saturated rings. The molecule has 3 N–H and O–H groups in total. The predicted molar refractivity (Wildman–Crippen MR) is 138 cm³/mol. The van der Waals surface area contributed by atoms with Crippen LogP contribution in [0.4, 0.5) is 15.8 Å². The van der Waals surface area contributed by atoms with E-state index in [9.17, 15) is 19.1 Å². The molecule has 0 aromatic heterocycles. The van der Waals surface area contributed by atoms with Gasteiger partial charge in [0.05, 0.1) is 11.3 Å². The topological polar surface area (TPSA) is 78.4 Å². The third-order valence-electron chi connectivity index (χ3n) is 6.07. The van der Waals surface area contributed by atoms with Crippen LogP contribution in [0, 0.1) is 11.7 Å². The number of carboxylic acid groups (broad SMARTS) is 1. The van der Waals surface area contributed by atoms with Crippen molar-refractivity contribution in [2.75, 3.05) is 5.32 Å². The van der Waals surface area contributed by atoms with Crippen LogP contribution in [0.5, 0.6) is 0 Å². The van der Waals surface area contributed by atoms with E-state index in [2.05, 4.69) is 17.6 Å². The van der Waals surface area contributed by atoms with Gasteiger partial charge in [-0.25, -0.2) is 9.18 Å². The van der Waals surface area contributed by atoms with Crippen molar-refractivity contribution < 1.29 is 19.1 Å². The summed E-state index contributed by atoms with van der Waals surface area (Å²) in [6.45, 7) is 4.46. The van der Waals surface area contributed by atoms with E-state index in [1.165, 1.54) is 25.0 Å². The monoisotopic (exact) mass is 476 g/mol. The van der Waals surface area contributed by atoms with Gasteiger partial charge in [0.25, 0.3) is 0 Å². The lowest BCUT2D eigenvalue weighted by atomic mass is 10.0. The number of unbranched alkanes of at least 4 members (excludes halogenated alkanes) is 3. The van der Waals surface area contributed by atoms with Crippen LogP contribution in [0.15, 0.2) is 66.7 Å². The van der Waals surface area contributed by atoms with Gasteiger partial charge in [0, 0.05) is 23.7 Å². The predicted octanol–water partition coefficient (Wildman–Crippen LogP) is 7.16. The quantitative estimate of drug-likeness (QED) is 0.242. The molecule has 1 atom stereocenters. The first-order chi connectivity index (χ1) is 16.9. The Hall–Kier alpha value is -3.67. The number of aromatic carboxylic acids is 1. The molecule has 0 saturated carbocycles. The minimum absolute atomic E-state index is 0.0180. The van der Waals surface area contributed by atoms with E-state index in [4.69, 9.17) is 0 Å². The molecule has 3 aromatic carbocycles. The summed E-state index contributed by atoms with van der Waals surface area (Å²) >= 11 is 0. The molecule has 0 heterocycles. The highest BCUT2D eigenvalue weighted by molar-refractivity contribution is 5.95. The third kappa shape index (κ3) is 7.41. The number of carbonyl (C=O) groups is 2. The van der Waals surface area contributed by atoms with E-state index < -0.39 is 5.97 Å². The Labute approximate surface area is 206 Å². The molecular formula is C29H33FN2O3. The number of rotatable bonds is 12. The number of anilines is 2. The number of hydrogen-bond acceptors (Lipinski definition) is 3. The maximum atomic E-state index is 14.6. The van der Waals surface area contributed by atoms with Crippen LogP contribution in [-0.4, -0.2) is 17.0 Å². The van der Waals surface area contributed by atoms with Crippen LogP contribution in [-0.2, 0) is 11.3 Å². The molecule has 0 aliphatic carbocycles. The van der Waals surface area contributed by atoms with Gasteiger partial charge in [-0.2, -0.15) is 0 Å². The molecule has 5 nitrogen and oxygen atoms in total. The molecule has 35 heavy (non-hydrogen) atoms. The van der Waals surface area contributed by atoms with Crippen LogP contribution in [0.2, 0.25) is 0 Å². The number of hydrogen-bond donors (Lipinski definition) is 3. The second-order valence-electron chi connectivity index (χ2n) is 8.84. The Balaban J connectivity index is 1.64. The number of amides is 1. The standard InChI is InChI=1S/C29H33FN2O3/c1-3-4-5-6-9-20(2)28(33)31-19-21-12-17-26(30)25(18-21)22-13-15-23(16-14-22)32-27-11-8-7-10-24(27)29(34)35/h7-8,10-18,20,32H,3-6,9,19H2,1-2H3,(H,31,33)(H,34,35). The van der Waals surface area contributed by atoms with Crippen molar-refractivity contribution in [1.82, 2.24) is 5.32 Å². The highest BCUT2D eigenvalue weighted by Gasteiger charge is 2.13. The number of nitrogens with one attached hydrogen (secondary N) is 2. The van der Waals surface area contributed by atoms with Crippen molar-refractivity contribution in [3.63, 3.8) is 0 Å². The average molecular weight is 477 g/mol. The van der Waals surface area contributed by atoms with Crippen LogP contribution < -0.4 is 10.6 Å². The summed E-state index contributed by atoms with van der Waals surface area (Å²) in [5, 5.41) is 15.4. The summed E-state index contributed by atoms with van der Waals surface area (Å²) < 4.78 is 14.6. The molecule has 0 saturated heterocycles. The van der Waals surface area contributed by atoms with Gasteiger partial charge in [0.1, 0.15) is 5.82 Å².